The second-order valence-corrected chi connectivity index (χ2v) is 6.59. The fourth-order valence-electron chi connectivity index (χ4n) is 2.11. The van der Waals surface area contributed by atoms with Gasteiger partial charge in [0.05, 0.1) is 16.5 Å². The zero-order valence-electron chi connectivity index (χ0n) is 10.6. The zero-order valence-corrected chi connectivity index (χ0v) is 13.5. The highest BCUT2D eigenvalue weighted by molar-refractivity contribution is 14.2. The van der Waals surface area contributed by atoms with Gasteiger partial charge < -0.3 is 5.32 Å². The van der Waals surface area contributed by atoms with Crippen LogP contribution in [0.4, 0.5) is 0 Å². The number of halogens is 1. The number of fused-ring (bicyclic) bond motifs is 1. The summed E-state index contributed by atoms with van der Waals surface area (Å²) in [7, 11) is 3.63. The van der Waals surface area contributed by atoms with Crippen LogP contribution >= 0.6 is 30.1 Å². The molecule has 0 aromatic heterocycles. The second-order valence-electron chi connectivity index (χ2n) is 4.32. The number of carbonyl (C=O) groups is 2. The Bertz CT molecular complexity index is 456. The van der Waals surface area contributed by atoms with Gasteiger partial charge in [0.2, 0.25) is 0 Å². The molecule has 0 saturated heterocycles. The molecular formula is C13H15IN2O2S. The molecule has 19 heavy (non-hydrogen) atoms. The minimum Gasteiger partial charge on any atom is -0.308 e. The molecule has 0 radical (unpaired) electrons. The van der Waals surface area contributed by atoms with Crippen LogP contribution in [0.3, 0.4) is 0 Å². The zero-order chi connectivity index (χ0) is 13.8. The lowest BCUT2D eigenvalue weighted by Gasteiger charge is -2.16. The number of hydrogen-bond acceptors (Lipinski definition) is 4. The predicted octanol–water partition coefficient (Wildman–Crippen LogP) is 2.69. The molecule has 6 heteroatoms. The highest BCUT2D eigenvalue weighted by Gasteiger charge is 2.34. The molecular weight excluding hydrogens is 375 g/mol. The lowest BCUT2D eigenvalue weighted by atomic mass is 10.1. The standard InChI is InChI=1S/C13H15IN2O2S/c1-15-11(19-14)7-4-8-16-12(17)9-5-2-3-6-10(9)13(16)18/h2-3,5-6,11,15H,4,7-8H2,1H3. The first kappa shape index (κ1) is 14.8. The first-order valence-electron chi connectivity index (χ1n) is 6.09. The lowest BCUT2D eigenvalue weighted by Crippen LogP contribution is -2.31. The molecule has 1 atom stereocenters. The van der Waals surface area contributed by atoms with E-state index in [1.165, 1.54) is 4.90 Å². The number of imide groups is 1. The van der Waals surface area contributed by atoms with Crippen LogP contribution < -0.4 is 5.32 Å². The monoisotopic (exact) mass is 390 g/mol. The van der Waals surface area contributed by atoms with Crippen LogP contribution in [0.1, 0.15) is 33.6 Å². The van der Waals surface area contributed by atoms with Gasteiger partial charge in [0, 0.05) is 6.54 Å². The van der Waals surface area contributed by atoms with Crippen LogP contribution in [0, 0.1) is 0 Å². The van der Waals surface area contributed by atoms with Gasteiger partial charge >= 0.3 is 0 Å². The third-order valence-electron chi connectivity index (χ3n) is 3.16. The van der Waals surface area contributed by atoms with Crippen molar-refractivity contribution in [3.05, 3.63) is 35.4 Å². The Hall–Kier alpha value is -0.600. The molecule has 1 aromatic rings. The summed E-state index contributed by atoms with van der Waals surface area (Å²) in [5.74, 6) is -0.326. The van der Waals surface area contributed by atoms with E-state index in [4.69, 9.17) is 0 Å². The van der Waals surface area contributed by atoms with Crippen LogP contribution in [0.15, 0.2) is 24.3 Å². The molecule has 2 rings (SSSR count). The number of benzene rings is 1. The Kier molecular flexibility index (Phi) is 5.23. The molecule has 0 fully saturated rings. The summed E-state index contributed by atoms with van der Waals surface area (Å²) in [4.78, 5) is 25.6. The molecule has 0 spiro atoms. The van der Waals surface area contributed by atoms with Gasteiger partial charge in [0.1, 0.15) is 0 Å². The first-order chi connectivity index (χ1) is 9.19. The number of amides is 2. The molecule has 1 aliphatic rings. The third kappa shape index (κ3) is 3.11. The minimum absolute atomic E-state index is 0.163. The van der Waals surface area contributed by atoms with Gasteiger partial charge in [-0.1, -0.05) is 21.1 Å². The van der Waals surface area contributed by atoms with Crippen LogP contribution in [0.2, 0.25) is 0 Å². The summed E-state index contributed by atoms with van der Waals surface area (Å²) in [6.07, 6.45) is 1.74. The fraction of sp³-hybridized carbons (Fsp3) is 0.385. The van der Waals surface area contributed by atoms with Crippen molar-refractivity contribution >= 4 is 42.0 Å². The summed E-state index contributed by atoms with van der Waals surface area (Å²) >= 11 is 2.25. The highest BCUT2D eigenvalue weighted by atomic mass is 127. The van der Waals surface area contributed by atoms with E-state index >= 15 is 0 Å². The Labute approximate surface area is 128 Å². The van der Waals surface area contributed by atoms with E-state index in [0.29, 0.717) is 23.0 Å². The predicted molar refractivity (Wildman–Crippen MR) is 85.5 cm³/mol. The topological polar surface area (TPSA) is 49.4 Å². The molecule has 1 aromatic carbocycles. The minimum atomic E-state index is -0.163. The van der Waals surface area contributed by atoms with Crippen LogP contribution in [-0.2, 0) is 0 Å². The summed E-state index contributed by atoms with van der Waals surface area (Å²) in [6.45, 7) is 0.488. The van der Waals surface area contributed by atoms with Gasteiger partial charge in [-0.25, -0.2) is 0 Å². The lowest BCUT2D eigenvalue weighted by molar-refractivity contribution is 0.0651. The maximum atomic E-state index is 12.1. The molecule has 0 bridgehead atoms. The van der Waals surface area contributed by atoms with Crippen molar-refractivity contribution in [2.24, 2.45) is 0 Å². The van der Waals surface area contributed by atoms with Gasteiger partial charge in [0.15, 0.2) is 0 Å². The van der Waals surface area contributed by atoms with Crippen molar-refractivity contribution < 1.29 is 9.59 Å². The smallest absolute Gasteiger partial charge is 0.261 e. The highest BCUT2D eigenvalue weighted by Crippen LogP contribution is 2.24. The summed E-state index contributed by atoms with van der Waals surface area (Å²) in [5.41, 5.74) is 1.06. The van der Waals surface area contributed by atoms with Crippen molar-refractivity contribution in [3.8, 4) is 0 Å². The Morgan fingerprint density at radius 2 is 1.84 bits per heavy atom. The largest absolute Gasteiger partial charge is 0.308 e. The molecule has 1 aliphatic heterocycles. The number of nitrogens with zero attached hydrogens (tertiary/aromatic N) is 1. The maximum Gasteiger partial charge on any atom is 0.261 e. The Balaban J connectivity index is 1.97. The molecule has 2 amide bonds. The van der Waals surface area contributed by atoms with Gasteiger partial charge in [-0.2, -0.15) is 0 Å². The van der Waals surface area contributed by atoms with Crippen LogP contribution in [0.5, 0.6) is 0 Å². The van der Waals surface area contributed by atoms with E-state index in [1.54, 1.807) is 33.2 Å². The van der Waals surface area contributed by atoms with Crippen molar-refractivity contribution in [2.75, 3.05) is 13.6 Å². The van der Waals surface area contributed by atoms with E-state index in [1.807, 2.05) is 7.05 Å². The van der Waals surface area contributed by atoms with Crippen LogP contribution in [-0.4, -0.2) is 35.7 Å². The molecule has 0 saturated carbocycles. The van der Waals surface area contributed by atoms with E-state index in [-0.39, 0.29) is 11.8 Å². The fourth-order valence-corrected chi connectivity index (χ4v) is 3.98. The van der Waals surface area contributed by atoms with Crippen molar-refractivity contribution in [2.45, 2.75) is 18.2 Å². The third-order valence-corrected chi connectivity index (χ3v) is 5.68. The normalized spacial score (nSPS) is 15.8. The number of carbonyl (C=O) groups excluding carboxylic acids is 2. The van der Waals surface area contributed by atoms with Crippen molar-refractivity contribution in [1.29, 1.82) is 0 Å². The number of rotatable bonds is 6. The van der Waals surface area contributed by atoms with E-state index < -0.39 is 0 Å². The molecule has 102 valence electrons. The van der Waals surface area contributed by atoms with Gasteiger partial charge in [-0.15, -0.1) is 0 Å². The van der Waals surface area contributed by atoms with Crippen molar-refractivity contribution in [1.82, 2.24) is 10.2 Å². The second kappa shape index (κ2) is 6.71. The van der Waals surface area contributed by atoms with Crippen LogP contribution in [0.25, 0.3) is 0 Å². The Morgan fingerprint density at radius 1 is 1.26 bits per heavy atom. The quantitative estimate of drug-likeness (QED) is 0.461. The van der Waals surface area contributed by atoms with Gasteiger partial charge in [-0.3, -0.25) is 14.5 Å². The van der Waals surface area contributed by atoms with E-state index in [0.717, 1.165) is 12.8 Å². The Morgan fingerprint density at radius 3 is 2.32 bits per heavy atom. The molecule has 1 heterocycles. The molecule has 1 N–H and O–H groups in total. The van der Waals surface area contributed by atoms with Crippen molar-refractivity contribution in [3.63, 3.8) is 0 Å². The average Bonchev–Trinajstić information content (AvgIpc) is 2.69. The maximum absolute atomic E-state index is 12.1. The first-order valence-corrected chi connectivity index (χ1v) is 9.51. The molecule has 4 nitrogen and oxygen atoms in total. The molecule has 1 unspecified atom stereocenters. The summed E-state index contributed by atoms with van der Waals surface area (Å²) in [6, 6.07) is 7.01. The van der Waals surface area contributed by atoms with E-state index in [9.17, 15) is 9.59 Å². The molecule has 0 aliphatic carbocycles. The van der Waals surface area contributed by atoms with Gasteiger partial charge in [-0.05, 0) is 53.2 Å². The SMILES string of the molecule is CNC(CCCN1C(=O)c2ccccc2C1=O)SI. The number of hydrogen-bond donors (Lipinski definition) is 1. The van der Waals surface area contributed by atoms with E-state index in [2.05, 4.69) is 26.5 Å². The number of nitrogens with one attached hydrogen (secondary N) is 1. The summed E-state index contributed by atoms with van der Waals surface area (Å²) in [5, 5.41) is 3.54. The van der Waals surface area contributed by atoms with Gasteiger partial charge in [0.25, 0.3) is 11.8 Å². The summed E-state index contributed by atoms with van der Waals surface area (Å²) < 4.78 is 0. The average molecular weight is 390 g/mol.